The van der Waals surface area contributed by atoms with E-state index in [1.165, 1.54) is 0 Å². The average Bonchev–Trinajstić information content (AvgIpc) is 2.90. The van der Waals surface area contributed by atoms with E-state index >= 15 is 0 Å². The van der Waals surface area contributed by atoms with Gasteiger partial charge in [0, 0.05) is 12.4 Å². The van der Waals surface area contributed by atoms with Crippen molar-refractivity contribution in [2.75, 3.05) is 6.61 Å². The summed E-state index contributed by atoms with van der Waals surface area (Å²) < 4.78 is 10.8. The van der Waals surface area contributed by atoms with Crippen molar-refractivity contribution in [3.63, 3.8) is 0 Å². The van der Waals surface area contributed by atoms with E-state index in [-0.39, 0.29) is 11.6 Å². The van der Waals surface area contributed by atoms with Crippen molar-refractivity contribution in [2.45, 2.75) is 6.92 Å². The van der Waals surface area contributed by atoms with E-state index in [2.05, 4.69) is 9.98 Å². The Morgan fingerprint density at radius 2 is 2.09 bits per heavy atom. The molecule has 2 heterocycles. The Bertz CT molecular complexity index is 752. The normalized spacial score (nSPS) is 15.6. The second kappa shape index (κ2) is 6.22. The average molecular weight is 294 g/mol. The van der Waals surface area contributed by atoms with Gasteiger partial charge in [-0.2, -0.15) is 0 Å². The summed E-state index contributed by atoms with van der Waals surface area (Å²) in [7, 11) is 0. The van der Waals surface area contributed by atoms with Crippen LogP contribution in [-0.2, 0) is 9.53 Å². The highest BCUT2D eigenvalue weighted by Crippen LogP contribution is 2.25. The lowest BCUT2D eigenvalue weighted by Gasteiger charge is -2.08. The predicted molar refractivity (Wildman–Crippen MR) is 82.5 cm³/mol. The van der Waals surface area contributed by atoms with Crippen LogP contribution in [-0.4, -0.2) is 23.5 Å². The van der Waals surface area contributed by atoms with E-state index in [9.17, 15) is 4.79 Å². The van der Waals surface area contributed by atoms with Crippen LogP contribution >= 0.6 is 0 Å². The molecule has 5 nitrogen and oxygen atoms in total. The fourth-order valence-electron chi connectivity index (χ4n) is 2.07. The molecule has 0 atom stereocenters. The molecule has 0 unspecified atom stereocenters. The van der Waals surface area contributed by atoms with Crippen molar-refractivity contribution >= 4 is 17.9 Å². The van der Waals surface area contributed by atoms with E-state index in [0.29, 0.717) is 17.9 Å². The Balaban J connectivity index is 1.95. The summed E-state index contributed by atoms with van der Waals surface area (Å²) in [5.41, 5.74) is 1.69. The quantitative estimate of drug-likeness (QED) is 0.642. The molecule has 0 bridgehead atoms. The number of ether oxygens (including phenoxy) is 2. The van der Waals surface area contributed by atoms with Crippen molar-refractivity contribution in [1.82, 2.24) is 4.98 Å². The van der Waals surface area contributed by atoms with Gasteiger partial charge in [-0.15, -0.1) is 0 Å². The standard InChI is InChI=1S/C17H14N2O3/c1-2-21-15-8-4-3-7-13(15)16-19-14(17(20)22-16)10-12-6-5-9-18-11-12/h3-11H,2H2,1H3/b14-10-. The van der Waals surface area contributed by atoms with Crippen LogP contribution in [0.15, 0.2) is 59.5 Å². The highest BCUT2D eigenvalue weighted by molar-refractivity contribution is 6.13. The molecule has 0 aliphatic carbocycles. The van der Waals surface area contributed by atoms with Gasteiger partial charge in [0.15, 0.2) is 5.70 Å². The second-order valence-corrected chi connectivity index (χ2v) is 4.55. The van der Waals surface area contributed by atoms with Gasteiger partial charge in [-0.25, -0.2) is 9.79 Å². The number of hydrogen-bond acceptors (Lipinski definition) is 5. The minimum atomic E-state index is -0.481. The molecule has 5 heteroatoms. The molecular formula is C17H14N2O3. The molecule has 1 aliphatic rings. The lowest BCUT2D eigenvalue weighted by atomic mass is 10.2. The smallest absolute Gasteiger partial charge is 0.363 e. The topological polar surface area (TPSA) is 60.8 Å². The van der Waals surface area contributed by atoms with Gasteiger partial charge in [-0.1, -0.05) is 18.2 Å². The fourth-order valence-corrected chi connectivity index (χ4v) is 2.07. The Morgan fingerprint density at radius 1 is 1.23 bits per heavy atom. The zero-order valence-corrected chi connectivity index (χ0v) is 12.0. The Kier molecular flexibility index (Phi) is 3.96. The third-order valence-electron chi connectivity index (χ3n) is 3.03. The van der Waals surface area contributed by atoms with Crippen LogP contribution in [0.3, 0.4) is 0 Å². The first-order chi connectivity index (χ1) is 10.8. The zero-order valence-electron chi connectivity index (χ0n) is 12.0. The van der Waals surface area contributed by atoms with Gasteiger partial charge >= 0.3 is 5.97 Å². The van der Waals surface area contributed by atoms with E-state index < -0.39 is 5.97 Å². The van der Waals surface area contributed by atoms with Crippen LogP contribution in [0.1, 0.15) is 18.1 Å². The molecule has 0 N–H and O–H groups in total. The number of nitrogens with zero attached hydrogens (tertiary/aromatic N) is 2. The first kappa shape index (κ1) is 14.0. The van der Waals surface area contributed by atoms with E-state index in [1.54, 1.807) is 24.5 Å². The minimum absolute atomic E-state index is 0.245. The Labute approximate surface area is 127 Å². The number of carbonyl (C=O) groups is 1. The number of hydrogen-bond donors (Lipinski definition) is 0. The number of cyclic esters (lactones) is 1. The summed E-state index contributed by atoms with van der Waals surface area (Å²) in [5.74, 6) is 0.411. The molecule has 0 spiro atoms. The third kappa shape index (κ3) is 2.88. The molecule has 0 saturated carbocycles. The highest BCUT2D eigenvalue weighted by Gasteiger charge is 2.26. The van der Waals surface area contributed by atoms with Gasteiger partial charge < -0.3 is 9.47 Å². The molecule has 0 amide bonds. The molecule has 22 heavy (non-hydrogen) atoms. The SMILES string of the molecule is CCOc1ccccc1C1=N/C(=C\c2cccnc2)C(=O)O1. The van der Waals surface area contributed by atoms with Gasteiger partial charge in [-0.3, -0.25) is 4.98 Å². The third-order valence-corrected chi connectivity index (χ3v) is 3.03. The number of aliphatic imine (C=N–C) groups is 1. The molecule has 1 aromatic carbocycles. The van der Waals surface area contributed by atoms with Crippen LogP contribution < -0.4 is 4.74 Å². The summed E-state index contributed by atoms with van der Waals surface area (Å²) in [6, 6.07) is 11.0. The van der Waals surface area contributed by atoms with Gasteiger partial charge in [0.25, 0.3) is 0 Å². The molecule has 0 radical (unpaired) electrons. The maximum absolute atomic E-state index is 12.0. The summed E-state index contributed by atoms with van der Waals surface area (Å²) in [6.45, 7) is 2.42. The summed E-state index contributed by atoms with van der Waals surface area (Å²) >= 11 is 0. The first-order valence-corrected chi connectivity index (χ1v) is 6.92. The van der Waals surface area contributed by atoms with Crippen molar-refractivity contribution in [1.29, 1.82) is 0 Å². The number of esters is 1. The second-order valence-electron chi connectivity index (χ2n) is 4.55. The summed E-state index contributed by atoms with van der Waals surface area (Å²) in [5, 5.41) is 0. The van der Waals surface area contributed by atoms with Gasteiger partial charge in [0.05, 0.1) is 12.2 Å². The lowest BCUT2D eigenvalue weighted by Crippen LogP contribution is -2.07. The number of para-hydroxylation sites is 1. The van der Waals surface area contributed by atoms with Crippen molar-refractivity contribution in [3.05, 3.63) is 65.6 Å². The molecule has 2 aromatic rings. The summed E-state index contributed by atoms with van der Waals surface area (Å²) in [6.07, 6.45) is 4.97. The van der Waals surface area contributed by atoms with Crippen LogP contribution in [0.25, 0.3) is 6.08 Å². The molecule has 0 fully saturated rings. The Hall–Kier alpha value is -2.95. The van der Waals surface area contributed by atoms with E-state index in [0.717, 1.165) is 5.56 Å². The number of carbonyl (C=O) groups excluding carboxylic acids is 1. The minimum Gasteiger partial charge on any atom is -0.493 e. The first-order valence-electron chi connectivity index (χ1n) is 6.92. The zero-order chi connectivity index (χ0) is 15.4. The molecule has 110 valence electrons. The van der Waals surface area contributed by atoms with Crippen LogP contribution in [0.2, 0.25) is 0 Å². The maximum atomic E-state index is 12.0. The van der Waals surface area contributed by atoms with Gasteiger partial charge in [0.1, 0.15) is 5.75 Å². The van der Waals surface area contributed by atoms with E-state index in [4.69, 9.17) is 9.47 Å². The Morgan fingerprint density at radius 3 is 2.86 bits per heavy atom. The largest absolute Gasteiger partial charge is 0.493 e. The molecule has 1 aliphatic heterocycles. The summed E-state index contributed by atoms with van der Waals surface area (Å²) in [4.78, 5) is 20.2. The molecule has 1 aromatic heterocycles. The molecule has 3 rings (SSSR count). The van der Waals surface area contributed by atoms with Crippen LogP contribution in [0, 0.1) is 0 Å². The molecule has 0 saturated heterocycles. The van der Waals surface area contributed by atoms with E-state index in [1.807, 2.05) is 37.3 Å². The number of aromatic nitrogens is 1. The van der Waals surface area contributed by atoms with Crippen molar-refractivity contribution in [3.8, 4) is 5.75 Å². The highest BCUT2D eigenvalue weighted by atomic mass is 16.6. The number of benzene rings is 1. The maximum Gasteiger partial charge on any atom is 0.363 e. The lowest BCUT2D eigenvalue weighted by molar-refractivity contribution is -0.129. The fraction of sp³-hybridized carbons (Fsp3) is 0.118. The number of pyridine rings is 1. The van der Waals surface area contributed by atoms with Crippen molar-refractivity contribution in [2.24, 2.45) is 4.99 Å². The van der Waals surface area contributed by atoms with Crippen LogP contribution in [0.5, 0.6) is 5.75 Å². The molecular weight excluding hydrogens is 280 g/mol. The number of rotatable bonds is 4. The van der Waals surface area contributed by atoms with Gasteiger partial charge in [0.2, 0.25) is 5.90 Å². The van der Waals surface area contributed by atoms with Crippen LogP contribution in [0.4, 0.5) is 0 Å². The van der Waals surface area contributed by atoms with Gasteiger partial charge in [-0.05, 0) is 36.8 Å². The monoisotopic (exact) mass is 294 g/mol. The predicted octanol–water partition coefficient (Wildman–Crippen LogP) is 2.82. The van der Waals surface area contributed by atoms with Crippen molar-refractivity contribution < 1.29 is 14.3 Å².